The van der Waals surface area contributed by atoms with E-state index >= 15 is 0 Å². The van der Waals surface area contributed by atoms with Gasteiger partial charge in [0.1, 0.15) is 0 Å². The van der Waals surface area contributed by atoms with Crippen LogP contribution in [0.3, 0.4) is 0 Å². The van der Waals surface area contributed by atoms with Gasteiger partial charge in [0.2, 0.25) is 0 Å². The minimum Gasteiger partial charge on any atom is -0.360 e. The van der Waals surface area contributed by atoms with E-state index in [1.165, 1.54) is 19.3 Å². The van der Waals surface area contributed by atoms with Crippen molar-refractivity contribution in [1.82, 2.24) is 5.32 Å². The Morgan fingerprint density at radius 1 is 1.31 bits per heavy atom. The molecule has 1 aliphatic heterocycles. The van der Waals surface area contributed by atoms with Crippen molar-refractivity contribution in [1.29, 1.82) is 0 Å². The Morgan fingerprint density at radius 2 is 1.92 bits per heavy atom. The summed E-state index contributed by atoms with van der Waals surface area (Å²) < 4.78 is 0. The van der Waals surface area contributed by atoms with Gasteiger partial charge in [0.05, 0.1) is 6.54 Å². The summed E-state index contributed by atoms with van der Waals surface area (Å²) in [5.74, 6) is 1.15. The molecule has 76 valence electrons. The molecular formula is C10H20N2S. The lowest BCUT2D eigenvalue weighted by atomic mass is 9.90. The van der Waals surface area contributed by atoms with E-state index in [0.717, 1.165) is 17.5 Å². The molecule has 0 aromatic rings. The zero-order chi connectivity index (χ0) is 9.73. The Morgan fingerprint density at radius 3 is 2.31 bits per heavy atom. The van der Waals surface area contributed by atoms with Gasteiger partial charge in [-0.1, -0.05) is 32.5 Å². The molecule has 13 heavy (non-hydrogen) atoms. The molecule has 0 bridgehead atoms. The third-order valence-electron chi connectivity index (χ3n) is 2.99. The Kier molecular flexibility index (Phi) is 4.10. The molecule has 0 aliphatic carbocycles. The Labute approximate surface area is 85.6 Å². The van der Waals surface area contributed by atoms with Gasteiger partial charge < -0.3 is 5.32 Å². The van der Waals surface area contributed by atoms with E-state index in [-0.39, 0.29) is 5.54 Å². The van der Waals surface area contributed by atoms with Crippen molar-refractivity contribution in [2.75, 3.05) is 12.3 Å². The van der Waals surface area contributed by atoms with Crippen LogP contribution in [0.15, 0.2) is 4.99 Å². The highest BCUT2D eigenvalue weighted by molar-refractivity contribution is 8.14. The van der Waals surface area contributed by atoms with E-state index in [2.05, 4.69) is 31.1 Å². The van der Waals surface area contributed by atoms with E-state index in [9.17, 15) is 0 Å². The SMILES string of the molecule is CCC(CC)(CC)NC1=NCCS1. The number of aliphatic imine (C=N–C) groups is 1. The molecule has 1 rings (SSSR count). The van der Waals surface area contributed by atoms with Crippen LogP contribution in [0.4, 0.5) is 0 Å². The molecule has 3 heteroatoms. The van der Waals surface area contributed by atoms with Crippen molar-refractivity contribution in [3.8, 4) is 0 Å². The zero-order valence-electron chi connectivity index (χ0n) is 8.89. The van der Waals surface area contributed by atoms with Gasteiger partial charge >= 0.3 is 0 Å². The maximum absolute atomic E-state index is 4.43. The van der Waals surface area contributed by atoms with Crippen LogP contribution in [-0.2, 0) is 0 Å². The molecule has 0 aromatic heterocycles. The van der Waals surface area contributed by atoms with Crippen LogP contribution in [-0.4, -0.2) is 23.0 Å². The molecule has 2 nitrogen and oxygen atoms in total. The first-order chi connectivity index (χ1) is 6.26. The van der Waals surface area contributed by atoms with Crippen molar-refractivity contribution < 1.29 is 0 Å². The first-order valence-corrected chi connectivity index (χ1v) is 6.20. The van der Waals surface area contributed by atoms with Crippen molar-refractivity contribution in [3.63, 3.8) is 0 Å². The largest absolute Gasteiger partial charge is 0.360 e. The summed E-state index contributed by atoms with van der Waals surface area (Å²) >= 11 is 1.85. The number of thioether (sulfide) groups is 1. The molecule has 0 spiro atoms. The van der Waals surface area contributed by atoms with Crippen molar-refractivity contribution in [2.45, 2.75) is 45.6 Å². The average molecular weight is 200 g/mol. The van der Waals surface area contributed by atoms with Crippen molar-refractivity contribution in [3.05, 3.63) is 0 Å². The highest BCUT2D eigenvalue weighted by Crippen LogP contribution is 2.22. The van der Waals surface area contributed by atoms with Gasteiger partial charge in [-0.05, 0) is 19.3 Å². The van der Waals surface area contributed by atoms with Gasteiger partial charge in [0, 0.05) is 11.3 Å². The van der Waals surface area contributed by atoms with Crippen LogP contribution in [0.5, 0.6) is 0 Å². The van der Waals surface area contributed by atoms with Crippen molar-refractivity contribution in [2.24, 2.45) is 4.99 Å². The van der Waals surface area contributed by atoms with Crippen LogP contribution in [0.2, 0.25) is 0 Å². The highest BCUT2D eigenvalue weighted by atomic mass is 32.2. The quantitative estimate of drug-likeness (QED) is 0.754. The Hall–Kier alpha value is -0.180. The van der Waals surface area contributed by atoms with Crippen LogP contribution >= 0.6 is 11.8 Å². The molecular weight excluding hydrogens is 180 g/mol. The van der Waals surface area contributed by atoms with Crippen LogP contribution < -0.4 is 5.32 Å². The fourth-order valence-electron chi connectivity index (χ4n) is 1.65. The van der Waals surface area contributed by atoms with Gasteiger partial charge in [-0.3, -0.25) is 4.99 Å². The topological polar surface area (TPSA) is 24.4 Å². The van der Waals surface area contributed by atoms with E-state index in [1.807, 2.05) is 11.8 Å². The molecule has 0 unspecified atom stereocenters. The first-order valence-electron chi connectivity index (χ1n) is 5.21. The maximum atomic E-state index is 4.43. The lowest BCUT2D eigenvalue weighted by molar-refractivity contribution is 0.342. The van der Waals surface area contributed by atoms with Gasteiger partial charge in [-0.2, -0.15) is 0 Å². The minimum atomic E-state index is 0.288. The fraction of sp³-hybridized carbons (Fsp3) is 0.900. The monoisotopic (exact) mass is 200 g/mol. The van der Waals surface area contributed by atoms with Gasteiger partial charge in [-0.15, -0.1) is 0 Å². The molecule has 0 radical (unpaired) electrons. The summed E-state index contributed by atoms with van der Waals surface area (Å²) in [5.41, 5.74) is 0.288. The van der Waals surface area contributed by atoms with Crippen LogP contribution in [0.1, 0.15) is 40.0 Å². The number of hydrogen-bond donors (Lipinski definition) is 1. The molecule has 1 aliphatic rings. The average Bonchev–Trinajstić information content (AvgIpc) is 2.67. The van der Waals surface area contributed by atoms with E-state index in [4.69, 9.17) is 0 Å². The number of hydrogen-bond acceptors (Lipinski definition) is 3. The predicted octanol–water partition coefficient (Wildman–Crippen LogP) is 2.65. The summed E-state index contributed by atoms with van der Waals surface area (Å²) in [6.45, 7) is 7.74. The fourth-order valence-corrected chi connectivity index (χ4v) is 2.50. The number of rotatable bonds is 4. The molecule has 0 saturated heterocycles. The normalized spacial score (nSPS) is 17.3. The first kappa shape index (κ1) is 10.9. The lowest BCUT2D eigenvalue weighted by Gasteiger charge is -2.32. The zero-order valence-corrected chi connectivity index (χ0v) is 9.71. The van der Waals surface area contributed by atoms with Gasteiger partial charge in [-0.25, -0.2) is 0 Å². The molecule has 1 heterocycles. The number of nitrogens with zero attached hydrogens (tertiary/aromatic N) is 1. The maximum Gasteiger partial charge on any atom is 0.157 e. The second kappa shape index (κ2) is 4.89. The standard InChI is InChI=1S/C10H20N2S/c1-4-10(5-2,6-3)12-9-11-7-8-13-9/h4-8H2,1-3H3,(H,11,12). The summed E-state index contributed by atoms with van der Waals surface area (Å²) in [7, 11) is 0. The Balaban J connectivity index is 2.55. The van der Waals surface area contributed by atoms with E-state index < -0.39 is 0 Å². The van der Waals surface area contributed by atoms with Gasteiger partial charge in [0.25, 0.3) is 0 Å². The molecule has 0 fully saturated rings. The Bertz CT molecular complexity index is 177. The molecule has 0 aromatic carbocycles. The molecule has 0 amide bonds. The smallest absolute Gasteiger partial charge is 0.157 e. The van der Waals surface area contributed by atoms with E-state index in [0.29, 0.717) is 0 Å². The highest BCUT2D eigenvalue weighted by Gasteiger charge is 2.25. The second-order valence-corrected chi connectivity index (χ2v) is 4.58. The number of nitrogens with one attached hydrogen (secondary N) is 1. The number of amidine groups is 1. The van der Waals surface area contributed by atoms with Crippen molar-refractivity contribution >= 4 is 16.9 Å². The lowest BCUT2D eigenvalue weighted by Crippen LogP contribution is -2.45. The summed E-state index contributed by atoms with van der Waals surface area (Å²) in [5, 5.41) is 4.75. The third-order valence-corrected chi connectivity index (χ3v) is 3.88. The molecule has 0 saturated carbocycles. The minimum absolute atomic E-state index is 0.288. The predicted molar refractivity (Wildman–Crippen MR) is 61.5 cm³/mol. The summed E-state index contributed by atoms with van der Waals surface area (Å²) in [6.07, 6.45) is 3.54. The third kappa shape index (κ3) is 2.63. The molecule has 1 N–H and O–H groups in total. The van der Waals surface area contributed by atoms with Gasteiger partial charge in [0.15, 0.2) is 5.17 Å². The van der Waals surface area contributed by atoms with E-state index in [1.54, 1.807) is 0 Å². The summed E-state index contributed by atoms with van der Waals surface area (Å²) in [4.78, 5) is 4.43. The van der Waals surface area contributed by atoms with Crippen LogP contribution in [0, 0.1) is 0 Å². The summed E-state index contributed by atoms with van der Waals surface area (Å²) in [6, 6.07) is 0. The van der Waals surface area contributed by atoms with Crippen LogP contribution in [0.25, 0.3) is 0 Å². The second-order valence-electron chi connectivity index (χ2n) is 3.50. The molecule has 0 atom stereocenters.